The molecule has 124 valence electrons. The highest BCUT2D eigenvalue weighted by Gasteiger charge is 2.30. The third kappa shape index (κ3) is 2.46. The van der Waals surface area contributed by atoms with Crippen LogP contribution >= 0.6 is 23.1 Å². The molecule has 0 aromatic carbocycles. The lowest BCUT2D eigenvalue weighted by Gasteiger charge is -2.11. The normalized spacial score (nSPS) is 17.5. The minimum atomic E-state index is -0.295. The standard InChI is InChI=1S/C16H14N2O4S2/c1-2-18-14(19)12-9(10-4-3-6-21-10)8-23-13(12)17-16(18)24-11-5-7-22-15(11)20/h3-4,6,8,11H,2,5,7H2,1H3/t11-/m1/s1. The van der Waals surface area contributed by atoms with E-state index in [0.717, 1.165) is 5.56 Å². The van der Waals surface area contributed by atoms with Gasteiger partial charge in [0.1, 0.15) is 15.8 Å². The lowest BCUT2D eigenvalue weighted by molar-refractivity contribution is -0.137. The smallest absolute Gasteiger partial charge is 0.319 e. The Hall–Kier alpha value is -2.06. The molecule has 3 aromatic heterocycles. The number of ether oxygens (including phenoxy) is 1. The molecule has 4 rings (SSSR count). The van der Waals surface area contributed by atoms with E-state index < -0.39 is 0 Å². The van der Waals surface area contributed by atoms with Gasteiger partial charge in [0.2, 0.25) is 0 Å². The van der Waals surface area contributed by atoms with Crippen LogP contribution in [-0.4, -0.2) is 27.4 Å². The van der Waals surface area contributed by atoms with Crippen LogP contribution in [0.15, 0.2) is 38.1 Å². The molecule has 0 aliphatic carbocycles. The molecule has 1 atom stereocenters. The summed E-state index contributed by atoms with van der Waals surface area (Å²) in [5, 5.41) is 2.72. The molecule has 0 saturated carbocycles. The number of fused-ring (bicyclic) bond motifs is 1. The summed E-state index contributed by atoms with van der Waals surface area (Å²) >= 11 is 2.71. The molecule has 1 fully saturated rings. The van der Waals surface area contributed by atoms with Crippen molar-refractivity contribution in [1.82, 2.24) is 9.55 Å². The number of carbonyl (C=O) groups excluding carboxylic acids is 1. The maximum Gasteiger partial charge on any atom is 0.319 e. The molecule has 0 spiro atoms. The number of esters is 1. The Balaban J connectivity index is 1.85. The summed E-state index contributed by atoms with van der Waals surface area (Å²) in [6.45, 7) is 2.81. The molecule has 0 unspecified atom stereocenters. The molecule has 1 aliphatic rings. The fraction of sp³-hybridized carbons (Fsp3) is 0.312. The highest BCUT2D eigenvalue weighted by Crippen LogP contribution is 2.34. The van der Waals surface area contributed by atoms with E-state index >= 15 is 0 Å². The molecule has 0 N–H and O–H groups in total. The van der Waals surface area contributed by atoms with Gasteiger partial charge in [-0.25, -0.2) is 4.98 Å². The molecule has 0 radical (unpaired) electrons. The summed E-state index contributed by atoms with van der Waals surface area (Å²) in [6, 6.07) is 3.62. The first-order valence-electron chi connectivity index (χ1n) is 7.58. The van der Waals surface area contributed by atoms with Crippen molar-refractivity contribution in [1.29, 1.82) is 0 Å². The van der Waals surface area contributed by atoms with Gasteiger partial charge in [-0.15, -0.1) is 11.3 Å². The van der Waals surface area contributed by atoms with Crippen molar-refractivity contribution in [3.8, 4) is 11.3 Å². The molecule has 3 aromatic rings. The number of rotatable bonds is 4. The third-order valence-electron chi connectivity index (χ3n) is 3.90. The molecule has 0 bridgehead atoms. The second-order valence-electron chi connectivity index (χ2n) is 5.31. The number of nitrogens with zero attached hydrogens (tertiary/aromatic N) is 2. The molecule has 1 aliphatic heterocycles. The minimum Gasteiger partial charge on any atom is -0.465 e. The van der Waals surface area contributed by atoms with E-state index in [4.69, 9.17) is 9.15 Å². The summed E-state index contributed by atoms with van der Waals surface area (Å²) in [5.74, 6) is 0.419. The predicted octanol–water partition coefficient (Wildman–Crippen LogP) is 3.15. The maximum atomic E-state index is 13.0. The molecule has 0 amide bonds. The molecular formula is C16H14N2O4S2. The van der Waals surface area contributed by atoms with Crippen LogP contribution in [0.4, 0.5) is 0 Å². The maximum absolute atomic E-state index is 13.0. The van der Waals surface area contributed by atoms with E-state index in [1.165, 1.54) is 23.1 Å². The van der Waals surface area contributed by atoms with Gasteiger partial charge < -0.3 is 9.15 Å². The molecule has 8 heteroatoms. The summed E-state index contributed by atoms with van der Waals surface area (Å²) in [4.78, 5) is 30.0. The van der Waals surface area contributed by atoms with Crippen LogP contribution in [0.1, 0.15) is 13.3 Å². The monoisotopic (exact) mass is 362 g/mol. The highest BCUT2D eigenvalue weighted by atomic mass is 32.2. The zero-order valence-electron chi connectivity index (χ0n) is 12.9. The Bertz CT molecular complexity index is 959. The van der Waals surface area contributed by atoms with Crippen LogP contribution in [0.3, 0.4) is 0 Å². The highest BCUT2D eigenvalue weighted by molar-refractivity contribution is 8.00. The Morgan fingerprint density at radius 2 is 2.33 bits per heavy atom. The van der Waals surface area contributed by atoms with Gasteiger partial charge in [0.25, 0.3) is 5.56 Å². The van der Waals surface area contributed by atoms with Crippen LogP contribution in [0.5, 0.6) is 0 Å². The number of cyclic esters (lactones) is 1. The minimum absolute atomic E-state index is 0.107. The van der Waals surface area contributed by atoms with Crippen molar-refractivity contribution in [2.75, 3.05) is 6.61 Å². The van der Waals surface area contributed by atoms with Crippen LogP contribution in [0.2, 0.25) is 0 Å². The van der Waals surface area contributed by atoms with Crippen molar-refractivity contribution in [2.45, 2.75) is 30.3 Å². The molecule has 24 heavy (non-hydrogen) atoms. The van der Waals surface area contributed by atoms with Gasteiger partial charge in [-0.3, -0.25) is 14.2 Å². The molecule has 4 heterocycles. The van der Waals surface area contributed by atoms with Crippen LogP contribution in [0, 0.1) is 0 Å². The summed E-state index contributed by atoms with van der Waals surface area (Å²) in [5.41, 5.74) is 0.653. The quantitative estimate of drug-likeness (QED) is 0.524. The Kier molecular flexibility index (Phi) is 3.93. The molecular weight excluding hydrogens is 348 g/mol. The number of hydrogen-bond acceptors (Lipinski definition) is 7. The Morgan fingerprint density at radius 1 is 1.46 bits per heavy atom. The van der Waals surface area contributed by atoms with Gasteiger partial charge in [-0.05, 0) is 19.1 Å². The summed E-state index contributed by atoms with van der Waals surface area (Å²) in [7, 11) is 0. The lowest BCUT2D eigenvalue weighted by Crippen LogP contribution is -2.23. The van der Waals surface area contributed by atoms with E-state index in [2.05, 4.69) is 4.98 Å². The van der Waals surface area contributed by atoms with Gasteiger partial charge >= 0.3 is 5.97 Å². The van der Waals surface area contributed by atoms with Crippen LogP contribution in [-0.2, 0) is 16.1 Å². The first-order chi connectivity index (χ1) is 11.7. The Morgan fingerprint density at radius 3 is 3.00 bits per heavy atom. The van der Waals surface area contributed by atoms with Crippen molar-refractivity contribution in [3.63, 3.8) is 0 Å². The zero-order valence-corrected chi connectivity index (χ0v) is 14.5. The third-order valence-corrected chi connectivity index (χ3v) is 6.00. The van der Waals surface area contributed by atoms with E-state index in [1.807, 2.05) is 18.4 Å². The fourth-order valence-corrected chi connectivity index (χ4v) is 4.79. The van der Waals surface area contributed by atoms with E-state index in [9.17, 15) is 9.59 Å². The second kappa shape index (κ2) is 6.10. The first kappa shape index (κ1) is 15.5. The van der Waals surface area contributed by atoms with Crippen molar-refractivity contribution in [3.05, 3.63) is 34.1 Å². The zero-order chi connectivity index (χ0) is 16.7. The number of furan rings is 1. The number of hydrogen-bond donors (Lipinski definition) is 0. The SMILES string of the molecule is CCn1c(S[C@@H]2CCOC2=O)nc2scc(-c3ccco3)c2c1=O. The lowest BCUT2D eigenvalue weighted by atomic mass is 10.2. The number of thiophene rings is 1. The molecule has 6 nitrogen and oxygen atoms in total. The van der Waals surface area contributed by atoms with E-state index in [0.29, 0.717) is 40.7 Å². The second-order valence-corrected chi connectivity index (χ2v) is 7.34. The van der Waals surface area contributed by atoms with Crippen molar-refractivity contribution >= 4 is 39.3 Å². The van der Waals surface area contributed by atoms with Crippen molar-refractivity contribution < 1.29 is 13.9 Å². The predicted molar refractivity (Wildman–Crippen MR) is 92.5 cm³/mol. The number of aromatic nitrogens is 2. The average molecular weight is 362 g/mol. The fourth-order valence-electron chi connectivity index (χ4n) is 2.70. The van der Waals surface area contributed by atoms with Crippen LogP contribution < -0.4 is 5.56 Å². The van der Waals surface area contributed by atoms with Gasteiger partial charge in [0.15, 0.2) is 5.16 Å². The van der Waals surface area contributed by atoms with Crippen molar-refractivity contribution in [2.24, 2.45) is 0 Å². The van der Waals surface area contributed by atoms with Gasteiger partial charge in [0, 0.05) is 23.9 Å². The van der Waals surface area contributed by atoms with Gasteiger partial charge in [0.05, 0.1) is 18.3 Å². The Labute approximate surface area is 145 Å². The van der Waals surface area contributed by atoms with E-state index in [-0.39, 0.29) is 16.8 Å². The first-order valence-corrected chi connectivity index (χ1v) is 9.34. The van der Waals surface area contributed by atoms with Crippen LogP contribution in [0.25, 0.3) is 21.5 Å². The summed E-state index contributed by atoms with van der Waals surface area (Å²) in [6.07, 6.45) is 2.23. The largest absolute Gasteiger partial charge is 0.465 e. The van der Waals surface area contributed by atoms with E-state index in [1.54, 1.807) is 16.9 Å². The molecule has 1 saturated heterocycles. The topological polar surface area (TPSA) is 74.3 Å². The summed E-state index contributed by atoms with van der Waals surface area (Å²) < 4.78 is 12.0. The van der Waals surface area contributed by atoms with Gasteiger partial charge in [-0.1, -0.05) is 11.8 Å². The average Bonchev–Trinajstić information content (AvgIpc) is 3.29. The van der Waals surface area contributed by atoms with Gasteiger partial charge in [-0.2, -0.15) is 0 Å². The number of carbonyl (C=O) groups is 1. The number of thioether (sulfide) groups is 1.